The molecule has 4 rings (SSSR count). The molecule has 0 spiro atoms. The van der Waals surface area contributed by atoms with E-state index in [1.807, 2.05) is 48.5 Å². The van der Waals surface area contributed by atoms with Crippen LogP contribution >= 0.6 is 23.4 Å². The summed E-state index contributed by atoms with van der Waals surface area (Å²) < 4.78 is 1.78. The van der Waals surface area contributed by atoms with Crippen LogP contribution in [0.3, 0.4) is 0 Å². The second-order valence-corrected chi connectivity index (χ2v) is 7.15. The Morgan fingerprint density at radius 3 is 2.70 bits per heavy atom. The molecular formula is C20H15ClN4OS. The number of anilines is 1. The summed E-state index contributed by atoms with van der Waals surface area (Å²) in [5, 5.41) is 8.68. The van der Waals surface area contributed by atoms with Crippen LogP contribution in [-0.4, -0.2) is 26.3 Å². The molecule has 0 unspecified atom stereocenters. The summed E-state index contributed by atoms with van der Waals surface area (Å²) in [4.78, 5) is 16.7. The number of thioether (sulfide) groups is 1. The Hall–Kier alpha value is -2.83. The first kappa shape index (κ1) is 17.6. The molecule has 0 atom stereocenters. The fourth-order valence-corrected chi connectivity index (χ4v) is 3.60. The van der Waals surface area contributed by atoms with Gasteiger partial charge >= 0.3 is 0 Å². The maximum atomic E-state index is 12.3. The number of hydrogen-bond acceptors (Lipinski definition) is 4. The first-order valence-electron chi connectivity index (χ1n) is 8.28. The van der Waals surface area contributed by atoms with Crippen LogP contribution in [0.2, 0.25) is 5.02 Å². The van der Waals surface area contributed by atoms with E-state index in [1.54, 1.807) is 29.0 Å². The lowest BCUT2D eigenvalue weighted by atomic mass is 10.1. The molecule has 1 N–H and O–H groups in total. The number of aromatic nitrogens is 3. The molecule has 2 aromatic heterocycles. The van der Waals surface area contributed by atoms with Crippen LogP contribution in [0.15, 0.2) is 78.1 Å². The van der Waals surface area contributed by atoms with E-state index in [4.69, 9.17) is 11.6 Å². The van der Waals surface area contributed by atoms with Crippen LogP contribution in [0, 0.1) is 0 Å². The molecule has 0 radical (unpaired) electrons. The van der Waals surface area contributed by atoms with Crippen molar-refractivity contribution in [1.29, 1.82) is 0 Å². The highest BCUT2D eigenvalue weighted by molar-refractivity contribution is 8.00. The zero-order valence-electron chi connectivity index (χ0n) is 14.2. The molecule has 1 amide bonds. The molecule has 5 nitrogen and oxygen atoms in total. The van der Waals surface area contributed by atoms with Crippen molar-refractivity contribution < 1.29 is 4.79 Å². The number of nitrogens with one attached hydrogen (secondary N) is 1. The van der Waals surface area contributed by atoms with Gasteiger partial charge in [0.05, 0.1) is 27.7 Å². The first-order chi connectivity index (χ1) is 13.2. The average Bonchev–Trinajstić information content (AvgIpc) is 3.14. The molecule has 0 saturated heterocycles. The second kappa shape index (κ2) is 7.82. The molecule has 0 bridgehead atoms. The van der Waals surface area contributed by atoms with Crippen molar-refractivity contribution in [2.75, 3.05) is 11.1 Å². The number of fused-ring (bicyclic) bond motifs is 1. The van der Waals surface area contributed by atoms with Gasteiger partial charge in [-0.25, -0.2) is 9.50 Å². The quantitative estimate of drug-likeness (QED) is 0.495. The highest BCUT2D eigenvalue weighted by atomic mass is 35.5. The molecule has 2 heterocycles. The Balaban J connectivity index is 1.51. The van der Waals surface area contributed by atoms with Gasteiger partial charge in [-0.3, -0.25) is 4.79 Å². The van der Waals surface area contributed by atoms with Gasteiger partial charge in [0.15, 0.2) is 0 Å². The summed E-state index contributed by atoms with van der Waals surface area (Å²) in [5.41, 5.74) is 3.37. The van der Waals surface area contributed by atoms with Crippen molar-refractivity contribution >= 4 is 40.5 Å². The topological polar surface area (TPSA) is 59.3 Å². The molecule has 27 heavy (non-hydrogen) atoms. The zero-order valence-corrected chi connectivity index (χ0v) is 15.7. The van der Waals surface area contributed by atoms with E-state index >= 15 is 0 Å². The monoisotopic (exact) mass is 394 g/mol. The van der Waals surface area contributed by atoms with Crippen LogP contribution in [-0.2, 0) is 4.79 Å². The molecule has 0 aliphatic heterocycles. The van der Waals surface area contributed by atoms with Gasteiger partial charge in [-0.1, -0.05) is 65.8 Å². The maximum absolute atomic E-state index is 12.3. The molecule has 2 aromatic carbocycles. The third kappa shape index (κ3) is 3.97. The predicted octanol–water partition coefficient (Wildman–Crippen LogP) is 4.78. The Morgan fingerprint density at radius 2 is 1.89 bits per heavy atom. The number of nitrogens with zero attached hydrogens (tertiary/aromatic N) is 3. The number of carbonyl (C=O) groups is 1. The summed E-state index contributed by atoms with van der Waals surface area (Å²) >= 11 is 7.44. The molecule has 7 heteroatoms. The molecule has 0 aliphatic carbocycles. The standard InChI is InChI=1S/C20H15ClN4OS/c21-15-8-4-5-9-16(15)23-19(26)13-27-20-18-12-17(14-6-2-1-3-7-14)24-25(18)11-10-22-20/h1-12H,13H2,(H,23,26). The smallest absolute Gasteiger partial charge is 0.234 e. The van der Waals surface area contributed by atoms with Crippen LogP contribution in [0.25, 0.3) is 16.8 Å². The minimum atomic E-state index is -0.139. The van der Waals surface area contributed by atoms with Gasteiger partial charge in [-0.05, 0) is 18.2 Å². The normalized spacial score (nSPS) is 10.9. The lowest BCUT2D eigenvalue weighted by Crippen LogP contribution is -2.14. The molecule has 0 aliphatic rings. The number of halogens is 1. The summed E-state index contributed by atoms with van der Waals surface area (Å²) in [6.07, 6.45) is 3.48. The predicted molar refractivity (Wildman–Crippen MR) is 109 cm³/mol. The summed E-state index contributed by atoms with van der Waals surface area (Å²) in [6.45, 7) is 0. The Bertz CT molecular complexity index is 1100. The van der Waals surface area contributed by atoms with Gasteiger partial charge in [0.2, 0.25) is 5.91 Å². The number of hydrogen-bond donors (Lipinski definition) is 1. The largest absolute Gasteiger partial charge is 0.324 e. The number of carbonyl (C=O) groups excluding carboxylic acids is 1. The van der Waals surface area contributed by atoms with Crippen LogP contribution in [0.1, 0.15) is 0 Å². The van der Waals surface area contributed by atoms with Crippen LogP contribution < -0.4 is 5.32 Å². The summed E-state index contributed by atoms with van der Waals surface area (Å²) in [5.74, 6) is 0.0868. The molecule has 134 valence electrons. The summed E-state index contributed by atoms with van der Waals surface area (Å²) in [7, 11) is 0. The highest BCUT2D eigenvalue weighted by Crippen LogP contribution is 2.26. The third-order valence-electron chi connectivity index (χ3n) is 3.91. The van der Waals surface area contributed by atoms with Crippen molar-refractivity contribution in [3.05, 3.63) is 78.1 Å². The van der Waals surface area contributed by atoms with Gasteiger partial charge in [0, 0.05) is 18.0 Å². The van der Waals surface area contributed by atoms with Crippen LogP contribution in [0.4, 0.5) is 5.69 Å². The van der Waals surface area contributed by atoms with Crippen LogP contribution in [0.5, 0.6) is 0 Å². The van der Waals surface area contributed by atoms with E-state index in [0.29, 0.717) is 10.7 Å². The van der Waals surface area contributed by atoms with E-state index < -0.39 is 0 Å². The fraction of sp³-hybridized carbons (Fsp3) is 0.0500. The van der Waals surface area contributed by atoms with E-state index in [2.05, 4.69) is 15.4 Å². The van der Waals surface area contributed by atoms with Gasteiger partial charge in [0.1, 0.15) is 5.03 Å². The molecular weight excluding hydrogens is 380 g/mol. The number of benzene rings is 2. The SMILES string of the molecule is O=C(CSc1nccn2nc(-c3ccccc3)cc12)Nc1ccccc1Cl. The molecule has 4 aromatic rings. The number of para-hydroxylation sites is 1. The number of amides is 1. The fourth-order valence-electron chi connectivity index (χ4n) is 2.64. The van der Waals surface area contributed by atoms with Crippen molar-refractivity contribution in [3.8, 4) is 11.3 Å². The Labute approximate surface area is 165 Å². The molecule has 0 fully saturated rings. The number of rotatable bonds is 5. The van der Waals surface area contributed by atoms with Gasteiger partial charge < -0.3 is 5.32 Å². The molecule has 0 saturated carbocycles. The Kier molecular flexibility index (Phi) is 5.09. The minimum Gasteiger partial charge on any atom is -0.324 e. The van der Waals surface area contributed by atoms with E-state index in [0.717, 1.165) is 21.8 Å². The maximum Gasteiger partial charge on any atom is 0.234 e. The van der Waals surface area contributed by atoms with Crippen molar-refractivity contribution in [2.45, 2.75) is 5.03 Å². The van der Waals surface area contributed by atoms with E-state index in [9.17, 15) is 4.79 Å². The average molecular weight is 395 g/mol. The van der Waals surface area contributed by atoms with Gasteiger partial charge in [0.25, 0.3) is 0 Å². The van der Waals surface area contributed by atoms with Crippen molar-refractivity contribution in [2.24, 2.45) is 0 Å². The Morgan fingerprint density at radius 1 is 1.11 bits per heavy atom. The van der Waals surface area contributed by atoms with Gasteiger partial charge in [-0.15, -0.1) is 0 Å². The second-order valence-electron chi connectivity index (χ2n) is 5.77. The zero-order chi connectivity index (χ0) is 18.6. The van der Waals surface area contributed by atoms with E-state index in [1.165, 1.54) is 11.8 Å². The van der Waals surface area contributed by atoms with Crippen molar-refractivity contribution in [1.82, 2.24) is 14.6 Å². The lowest BCUT2D eigenvalue weighted by molar-refractivity contribution is -0.113. The lowest BCUT2D eigenvalue weighted by Gasteiger charge is -2.07. The highest BCUT2D eigenvalue weighted by Gasteiger charge is 2.12. The minimum absolute atomic E-state index is 0.139. The summed E-state index contributed by atoms with van der Waals surface area (Å²) in [6, 6.07) is 19.1. The van der Waals surface area contributed by atoms with Gasteiger partial charge in [-0.2, -0.15) is 5.10 Å². The van der Waals surface area contributed by atoms with Crippen molar-refractivity contribution in [3.63, 3.8) is 0 Å². The first-order valence-corrected chi connectivity index (χ1v) is 9.64. The third-order valence-corrected chi connectivity index (χ3v) is 5.24. The van der Waals surface area contributed by atoms with E-state index in [-0.39, 0.29) is 11.7 Å².